The number of nitriles is 1. The van der Waals surface area contributed by atoms with E-state index >= 15 is 0 Å². The van der Waals surface area contributed by atoms with Crippen LogP contribution in [0.15, 0.2) is 73.1 Å². The summed E-state index contributed by atoms with van der Waals surface area (Å²) in [7, 11) is 0. The Morgan fingerprint density at radius 1 is 1.00 bits per heavy atom. The van der Waals surface area contributed by atoms with E-state index in [0.717, 1.165) is 42.8 Å². The molecule has 0 spiro atoms. The molecule has 0 aliphatic heterocycles. The summed E-state index contributed by atoms with van der Waals surface area (Å²) in [4.78, 5) is 3.97. The molecule has 3 nitrogen and oxygen atoms in total. The maximum absolute atomic E-state index is 12.9. The quantitative estimate of drug-likeness (QED) is 0.323. The molecule has 0 saturated carbocycles. The zero-order chi connectivity index (χ0) is 26.2. The number of hydrogen-bond acceptors (Lipinski definition) is 2. The van der Waals surface area contributed by atoms with Gasteiger partial charge < -0.3 is 4.57 Å². The number of allylic oxidation sites excluding steroid dienone is 1. The number of aryl methyl sites for hydroxylation is 1. The van der Waals surface area contributed by atoms with E-state index in [1.807, 2.05) is 10.8 Å². The van der Waals surface area contributed by atoms with Crippen LogP contribution in [0.25, 0.3) is 0 Å². The highest BCUT2D eigenvalue weighted by Gasteiger charge is 2.33. The van der Waals surface area contributed by atoms with Crippen LogP contribution in [0.1, 0.15) is 37.1 Å². The third-order valence-corrected chi connectivity index (χ3v) is 5.13. The zero-order valence-corrected chi connectivity index (χ0v) is 19.3. The Bertz CT molecular complexity index is 1120. The summed E-state index contributed by atoms with van der Waals surface area (Å²) >= 11 is 0. The van der Waals surface area contributed by atoms with Crippen molar-refractivity contribution >= 4 is 17.6 Å². The second-order valence-electron chi connectivity index (χ2n) is 7.95. The predicted molar refractivity (Wildman–Crippen MR) is 125 cm³/mol. The Balaban J connectivity index is 0.000000328. The van der Waals surface area contributed by atoms with Crippen molar-refractivity contribution in [3.63, 3.8) is 0 Å². The first-order valence-corrected chi connectivity index (χ1v) is 10.7. The minimum absolute atomic E-state index is 0.247. The lowest BCUT2D eigenvalue weighted by atomic mass is 9.36. The van der Waals surface area contributed by atoms with Gasteiger partial charge in [-0.2, -0.15) is 31.6 Å². The van der Waals surface area contributed by atoms with E-state index in [2.05, 4.69) is 24.6 Å². The molecular formula is C25H24BF6N3. The minimum Gasteiger partial charge on any atom is -0.321 e. The lowest BCUT2D eigenvalue weighted by molar-refractivity contribution is -0.138. The Morgan fingerprint density at radius 3 is 1.91 bits per heavy atom. The Hall–Kier alpha value is -3.48. The number of benzene rings is 2. The molecule has 0 saturated heterocycles. The minimum atomic E-state index is -4.52. The summed E-state index contributed by atoms with van der Waals surface area (Å²) in [6, 6.07) is 11.2. The van der Waals surface area contributed by atoms with Crippen molar-refractivity contribution in [1.29, 1.82) is 5.26 Å². The largest absolute Gasteiger partial charge is 0.416 e. The third-order valence-electron chi connectivity index (χ3n) is 5.13. The van der Waals surface area contributed by atoms with Crippen molar-refractivity contribution in [1.82, 2.24) is 9.55 Å². The monoisotopic (exact) mass is 491 g/mol. The summed E-state index contributed by atoms with van der Waals surface area (Å²) < 4.78 is 79.2. The first-order chi connectivity index (χ1) is 16.4. The molecule has 1 aromatic heterocycles. The molecule has 184 valence electrons. The van der Waals surface area contributed by atoms with E-state index < -0.39 is 30.2 Å². The van der Waals surface area contributed by atoms with Crippen LogP contribution in [0, 0.1) is 11.3 Å². The van der Waals surface area contributed by atoms with Crippen LogP contribution in [0.5, 0.6) is 0 Å². The van der Waals surface area contributed by atoms with Crippen molar-refractivity contribution < 1.29 is 26.3 Å². The van der Waals surface area contributed by atoms with E-state index in [-0.39, 0.29) is 10.9 Å². The molecule has 0 radical (unpaired) electrons. The summed E-state index contributed by atoms with van der Waals surface area (Å²) in [6.45, 7) is 7.08. The molecule has 0 unspecified atom stereocenters. The Morgan fingerprint density at radius 2 is 1.51 bits per heavy atom. The van der Waals surface area contributed by atoms with Gasteiger partial charge in [0, 0.05) is 11.9 Å². The number of imidazole rings is 1. The van der Waals surface area contributed by atoms with E-state index in [1.54, 1.807) is 13.3 Å². The number of alkyl halides is 6. The van der Waals surface area contributed by atoms with Crippen LogP contribution in [0.4, 0.5) is 26.3 Å². The standard InChI is InChI=1S/C17H13BF6.C8H11N3/c1-11(2)18(14-7-3-5-12(9-14)16(19,20)21)15-8-4-6-13(10-15)17(22,23)24;1-2-3-8-6-10-7-11(8)5-4-9/h3-10H,1H2,2H3;6-7H,2-3,5H2,1H3. The van der Waals surface area contributed by atoms with Gasteiger partial charge in [-0.3, -0.25) is 0 Å². The molecule has 0 atom stereocenters. The van der Waals surface area contributed by atoms with Crippen molar-refractivity contribution in [2.45, 2.75) is 45.6 Å². The van der Waals surface area contributed by atoms with Crippen molar-refractivity contribution in [2.75, 3.05) is 0 Å². The smallest absolute Gasteiger partial charge is 0.321 e. The maximum atomic E-state index is 12.9. The van der Waals surface area contributed by atoms with Gasteiger partial charge in [0.25, 0.3) is 0 Å². The third kappa shape index (κ3) is 7.77. The van der Waals surface area contributed by atoms with Gasteiger partial charge in [-0.25, -0.2) is 4.98 Å². The van der Waals surface area contributed by atoms with Crippen LogP contribution in [0.2, 0.25) is 0 Å². The van der Waals surface area contributed by atoms with Gasteiger partial charge in [0.1, 0.15) is 6.54 Å². The van der Waals surface area contributed by atoms with Gasteiger partial charge >= 0.3 is 12.4 Å². The molecule has 10 heteroatoms. The molecule has 0 amide bonds. The van der Waals surface area contributed by atoms with E-state index in [1.165, 1.54) is 24.3 Å². The highest BCUT2D eigenvalue weighted by Crippen LogP contribution is 2.29. The fourth-order valence-electron chi connectivity index (χ4n) is 3.58. The van der Waals surface area contributed by atoms with Crippen LogP contribution in [-0.4, -0.2) is 16.3 Å². The van der Waals surface area contributed by atoms with Crippen molar-refractivity contribution in [3.05, 3.63) is 89.9 Å². The zero-order valence-electron chi connectivity index (χ0n) is 19.3. The molecule has 2 aromatic carbocycles. The van der Waals surface area contributed by atoms with Crippen LogP contribution < -0.4 is 10.9 Å². The van der Waals surface area contributed by atoms with Gasteiger partial charge in [-0.15, -0.1) is 12.1 Å². The summed E-state index contributed by atoms with van der Waals surface area (Å²) in [5.74, 6) is 0. The predicted octanol–water partition coefficient (Wildman–Crippen LogP) is 5.81. The molecule has 35 heavy (non-hydrogen) atoms. The van der Waals surface area contributed by atoms with Crippen LogP contribution >= 0.6 is 0 Å². The van der Waals surface area contributed by atoms with E-state index in [0.29, 0.717) is 12.0 Å². The second kappa shape index (κ2) is 11.8. The van der Waals surface area contributed by atoms with Crippen molar-refractivity contribution in [3.8, 4) is 6.07 Å². The van der Waals surface area contributed by atoms with Gasteiger partial charge in [-0.05, 0) is 6.42 Å². The average molecular weight is 491 g/mol. The average Bonchev–Trinajstić information content (AvgIpc) is 3.21. The number of halogens is 6. The van der Waals surface area contributed by atoms with Gasteiger partial charge in [-0.1, -0.05) is 79.7 Å². The number of hydrogen-bond donors (Lipinski definition) is 0. The molecule has 1 heterocycles. The summed E-state index contributed by atoms with van der Waals surface area (Å²) in [6.07, 6.45) is -3.43. The summed E-state index contributed by atoms with van der Waals surface area (Å²) in [5, 5.41) is 8.43. The molecule has 0 fully saturated rings. The molecule has 3 rings (SSSR count). The number of aromatic nitrogens is 2. The van der Waals surface area contributed by atoms with Gasteiger partial charge in [0.2, 0.25) is 6.71 Å². The summed E-state index contributed by atoms with van der Waals surface area (Å²) in [5.41, 5.74) is 0.396. The van der Waals surface area contributed by atoms with Crippen LogP contribution in [-0.2, 0) is 25.3 Å². The Labute approximate surface area is 200 Å². The first-order valence-electron chi connectivity index (χ1n) is 10.7. The lowest BCUT2D eigenvalue weighted by Gasteiger charge is -2.18. The molecule has 0 bridgehead atoms. The molecule has 3 aromatic rings. The van der Waals surface area contributed by atoms with E-state index in [4.69, 9.17) is 5.26 Å². The lowest BCUT2D eigenvalue weighted by Crippen LogP contribution is -2.44. The normalized spacial score (nSPS) is 11.3. The topological polar surface area (TPSA) is 41.6 Å². The molecule has 0 N–H and O–H groups in total. The second-order valence-corrected chi connectivity index (χ2v) is 7.95. The van der Waals surface area contributed by atoms with Gasteiger partial charge in [0.15, 0.2) is 0 Å². The van der Waals surface area contributed by atoms with Gasteiger partial charge in [0.05, 0.1) is 23.5 Å². The fourth-order valence-corrected chi connectivity index (χ4v) is 3.58. The molecular weight excluding hydrogens is 467 g/mol. The SMILES string of the molecule is C=C(C)B(c1cccc(C(F)(F)F)c1)c1cccc(C(F)(F)F)c1.CCCc1cncn1CC#N. The fraction of sp³-hybridized carbons (Fsp3) is 0.280. The molecule has 0 aliphatic rings. The maximum Gasteiger partial charge on any atom is 0.416 e. The first kappa shape index (κ1) is 27.8. The van der Waals surface area contributed by atoms with E-state index in [9.17, 15) is 26.3 Å². The number of nitrogens with zero attached hydrogens (tertiary/aromatic N) is 3. The molecule has 0 aliphatic carbocycles. The highest BCUT2D eigenvalue weighted by atomic mass is 19.4. The van der Waals surface area contributed by atoms with Crippen molar-refractivity contribution in [2.24, 2.45) is 0 Å². The number of rotatable bonds is 6. The van der Waals surface area contributed by atoms with Crippen LogP contribution in [0.3, 0.4) is 0 Å². The highest BCUT2D eigenvalue weighted by molar-refractivity contribution is 6.90. The Kier molecular flexibility index (Phi) is 9.35.